The van der Waals surface area contributed by atoms with Crippen LogP contribution in [-0.4, -0.2) is 40.1 Å². The molecule has 7 heteroatoms. The zero-order valence-corrected chi connectivity index (χ0v) is 15.5. The number of piperidine rings is 1. The summed E-state index contributed by atoms with van der Waals surface area (Å²) in [6.45, 7) is 2.31. The van der Waals surface area contributed by atoms with Crippen molar-refractivity contribution in [1.82, 2.24) is 20.4 Å². The third kappa shape index (κ3) is 4.27. The molecule has 0 spiro atoms. The SMILES string of the molecule is O=C(NC1CC1)C1CCCN(Cc2nc(-c3ccc(Br)cc3)no2)C1. The third-order valence-corrected chi connectivity index (χ3v) is 5.26. The molecule has 2 aromatic rings. The second-order valence-electron chi connectivity index (χ2n) is 6.88. The number of aromatic nitrogens is 2. The van der Waals surface area contributed by atoms with Gasteiger partial charge in [0.15, 0.2) is 0 Å². The molecule has 2 aliphatic rings. The van der Waals surface area contributed by atoms with E-state index in [-0.39, 0.29) is 11.8 Å². The lowest BCUT2D eigenvalue weighted by Crippen LogP contribution is -2.43. The Hall–Kier alpha value is -1.73. The fraction of sp³-hybridized carbons (Fsp3) is 0.500. The number of hydrogen-bond acceptors (Lipinski definition) is 5. The van der Waals surface area contributed by atoms with Crippen LogP contribution in [0.4, 0.5) is 0 Å². The maximum Gasteiger partial charge on any atom is 0.241 e. The number of carbonyl (C=O) groups is 1. The first-order valence-corrected chi connectivity index (χ1v) is 9.58. The molecule has 1 aliphatic carbocycles. The number of nitrogens with zero attached hydrogens (tertiary/aromatic N) is 3. The predicted molar refractivity (Wildman–Crippen MR) is 96.6 cm³/mol. The summed E-state index contributed by atoms with van der Waals surface area (Å²) in [7, 11) is 0. The van der Waals surface area contributed by atoms with E-state index in [0.29, 0.717) is 24.3 Å². The van der Waals surface area contributed by atoms with Crippen LogP contribution in [0.1, 0.15) is 31.6 Å². The van der Waals surface area contributed by atoms with Crippen molar-refractivity contribution in [3.63, 3.8) is 0 Å². The van der Waals surface area contributed by atoms with Crippen LogP contribution in [0.25, 0.3) is 11.4 Å². The molecule has 1 aromatic heterocycles. The van der Waals surface area contributed by atoms with Gasteiger partial charge in [0.25, 0.3) is 0 Å². The number of halogens is 1. The highest BCUT2D eigenvalue weighted by Crippen LogP contribution is 2.24. The average molecular weight is 405 g/mol. The molecule has 1 saturated carbocycles. The number of carbonyl (C=O) groups excluding carboxylic acids is 1. The average Bonchev–Trinajstić information content (AvgIpc) is 3.32. The van der Waals surface area contributed by atoms with E-state index in [2.05, 4.69) is 36.3 Å². The monoisotopic (exact) mass is 404 g/mol. The number of nitrogens with one attached hydrogen (secondary N) is 1. The quantitative estimate of drug-likeness (QED) is 0.828. The molecule has 1 atom stereocenters. The van der Waals surface area contributed by atoms with Crippen molar-refractivity contribution >= 4 is 21.8 Å². The first-order valence-electron chi connectivity index (χ1n) is 8.78. The van der Waals surface area contributed by atoms with Gasteiger partial charge in [0.2, 0.25) is 17.6 Å². The molecule has 1 saturated heterocycles. The van der Waals surface area contributed by atoms with E-state index < -0.39 is 0 Å². The molecule has 1 unspecified atom stereocenters. The highest BCUT2D eigenvalue weighted by Gasteiger charge is 2.30. The number of amides is 1. The lowest BCUT2D eigenvalue weighted by Gasteiger charge is -2.30. The Balaban J connectivity index is 1.36. The molecule has 0 bridgehead atoms. The van der Waals surface area contributed by atoms with Crippen molar-refractivity contribution in [3.05, 3.63) is 34.6 Å². The highest BCUT2D eigenvalue weighted by molar-refractivity contribution is 9.10. The summed E-state index contributed by atoms with van der Waals surface area (Å²) in [6.07, 6.45) is 4.24. The second-order valence-corrected chi connectivity index (χ2v) is 7.79. The molecular formula is C18H21BrN4O2. The number of rotatable bonds is 5. The van der Waals surface area contributed by atoms with Crippen molar-refractivity contribution in [2.75, 3.05) is 13.1 Å². The summed E-state index contributed by atoms with van der Waals surface area (Å²) in [5.41, 5.74) is 0.929. The highest BCUT2D eigenvalue weighted by atomic mass is 79.9. The van der Waals surface area contributed by atoms with E-state index in [0.717, 1.165) is 48.8 Å². The van der Waals surface area contributed by atoms with E-state index in [9.17, 15) is 4.79 Å². The van der Waals surface area contributed by atoms with E-state index >= 15 is 0 Å². The normalized spacial score (nSPS) is 21.2. The van der Waals surface area contributed by atoms with E-state index in [1.807, 2.05) is 24.3 Å². The predicted octanol–water partition coefficient (Wildman–Crippen LogP) is 2.99. The molecule has 2 fully saturated rings. The van der Waals surface area contributed by atoms with Gasteiger partial charge in [-0.05, 0) is 56.5 Å². The number of hydrogen-bond donors (Lipinski definition) is 1. The lowest BCUT2D eigenvalue weighted by atomic mass is 9.97. The Bertz CT molecular complexity index is 742. The minimum Gasteiger partial charge on any atom is -0.353 e. The zero-order chi connectivity index (χ0) is 17.2. The number of likely N-dealkylation sites (tertiary alicyclic amines) is 1. The standard InChI is InChI=1S/C18H21BrN4O2/c19-14-5-3-12(4-6-14)17-21-16(25-22-17)11-23-9-1-2-13(10-23)18(24)20-15-7-8-15/h3-6,13,15H,1-2,7-11H2,(H,20,24). The van der Waals surface area contributed by atoms with Crippen molar-refractivity contribution in [3.8, 4) is 11.4 Å². The van der Waals surface area contributed by atoms with Gasteiger partial charge in [-0.3, -0.25) is 9.69 Å². The minimum atomic E-state index is 0.0724. The Morgan fingerprint density at radius 2 is 2.08 bits per heavy atom. The van der Waals surface area contributed by atoms with Crippen molar-refractivity contribution in [1.29, 1.82) is 0 Å². The van der Waals surface area contributed by atoms with Crippen molar-refractivity contribution in [2.24, 2.45) is 5.92 Å². The Labute approximate surface area is 155 Å². The zero-order valence-electron chi connectivity index (χ0n) is 13.9. The Morgan fingerprint density at radius 1 is 1.28 bits per heavy atom. The summed E-state index contributed by atoms with van der Waals surface area (Å²) >= 11 is 3.42. The lowest BCUT2D eigenvalue weighted by molar-refractivity contribution is -0.127. The van der Waals surface area contributed by atoms with Crippen molar-refractivity contribution in [2.45, 2.75) is 38.3 Å². The minimum absolute atomic E-state index is 0.0724. The molecule has 6 nitrogen and oxygen atoms in total. The van der Waals surface area contributed by atoms with E-state index in [1.54, 1.807) is 0 Å². The fourth-order valence-electron chi connectivity index (χ4n) is 3.19. The van der Waals surface area contributed by atoms with Gasteiger partial charge >= 0.3 is 0 Å². The largest absolute Gasteiger partial charge is 0.353 e. The second kappa shape index (κ2) is 7.25. The topological polar surface area (TPSA) is 71.3 Å². The van der Waals surface area contributed by atoms with Crippen LogP contribution in [0.2, 0.25) is 0 Å². The molecule has 25 heavy (non-hydrogen) atoms. The van der Waals surface area contributed by atoms with Crippen LogP contribution in [0.15, 0.2) is 33.3 Å². The molecule has 1 aliphatic heterocycles. The van der Waals surface area contributed by atoms with Gasteiger partial charge in [0, 0.05) is 22.6 Å². The van der Waals surface area contributed by atoms with Crippen LogP contribution in [-0.2, 0) is 11.3 Å². The van der Waals surface area contributed by atoms with Gasteiger partial charge in [0.1, 0.15) is 0 Å². The van der Waals surface area contributed by atoms with Gasteiger partial charge in [-0.15, -0.1) is 0 Å². The van der Waals surface area contributed by atoms with Crippen LogP contribution in [0, 0.1) is 5.92 Å². The van der Waals surface area contributed by atoms with Gasteiger partial charge in [0.05, 0.1) is 12.5 Å². The number of benzene rings is 1. The first kappa shape index (κ1) is 16.7. The third-order valence-electron chi connectivity index (χ3n) is 4.73. The summed E-state index contributed by atoms with van der Waals surface area (Å²) in [5, 5.41) is 7.19. The molecule has 2 heterocycles. The summed E-state index contributed by atoms with van der Waals surface area (Å²) in [4.78, 5) is 19.0. The van der Waals surface area contributed by atoms with Crippen LogP contribution in [0.5, 0.6) is 0 Å². The Kier molecular flexibility index (Phi) is 4.85. The summed E-state index contributed by atoms with van der Waals surface area (Å²) < 4.78 is 6.42. The van der Waals surface area contributed by atoms with Crippen LogP contribution >= 0.6 is 15.9 Å². The smallest absolute Gasteiger partial charge is 0.241 e. The van der Waals surface area contributed by atoms with Gasteiger partial charge in [-0.1, -0.05) is 21.1 Å². The van der Waals surface area contributed by atoms with Gasteiger partial charge in [-0.2, -0.15) is 4.98 Å². The molecule has 1 amide bonds. The molecule has 1 aromatic carbocycles. The molecular weight excluding hydrogens is 384 g/mol. The van der Waals surface area contributed by atoms with Crippen LogP contribution < -0.4 is 5.32 Å². The summed E-state index contributed by atoms with van der Waals surface area (Å²) in [5.74, 6) is 1.47. The molecule has 0 radical (unpaired) electrons. The molecule has 4 rings (SSSR count). The maximum absolute atomic E-state index is 12.3. The maximum atomic E-state index is 12.3. The Morgan fingerprint density at radius 3 is 2.84 bits per heavy atom. The first-order chi connectivity index (χ1) is 12.2. The van der Waals surface area contributed by atoms with Gasteiger partial charge in [-0.25, -0.2) is 0 Å². The van der Waals surface area contributed by atoms with E-state index in [1.165, 1.54) is 0 Å². The fourth-order valence-corrected chi connectivity index (χ4v) is 3.45. The van der Waals surface area contributed by atoms with Gasteiger partial charge < -0.3 is 9.84 Å². The van der Waals surface area contributed by atoms with Crippen molar-refractivity contribution < 1.29 is 9.32 Å². The van der Waals surface area contributed by atoms with Crippen LogP contribution in [0.3, 0.4) is 0 Å². The van der Waals surface area contributed by atoms with E-state index in [4.69, 9.17) is 4.52 Å². The summed E-state index contributed by atoms with van der Waals surface area (Å²) in [6, 6.07) is 8.25. The molecule has 132 valence electrons. The molecule has 1 N–H and O–H groups in total.